The zero-order valence-electron chi connectivity index (χ0n) is 16.6. The average Bonchev–Trinajstić information content (AvgIpc) is 2.77. The van der Waals surface area contributed by atoms with Crippen molar-refractivity contribution >= 4 is 33.2 Å². The fourth-order valence-electron chi connectivity index (χ4n) is 2.52. The summed E-state index contributed by atoms with van der Waals surface area (Å²) in [5.41, 5.74) is 7.05. The first kappa shape index (κ1) is 21.8. The van der Waals surface area contributed by atoms with Gasteiger partial charge in [-0.3, -0.25) is 30.1 Å². The van der Waals surface area contributed by atoms with E-state index in [1.807, 2.05) is 31.2 Å². The maximum Gasteiger partial charge on any atom is 0.269 e. The van der Waals surface area contributed by atoms with Crippen LogP contribution in [0.15, 0.2) is 78.0 Å². The smallest absolute Gasteiger partial charge is 0.269 e. The molecule has 0 aliphatic heterocycles. The molecular formula is C21H21N5O4S. The van der Waals surface area contributed by atoms with E-state index in [0.29, 0.717) is 5.69 Å². The Labute approximate surface area is 179 Å². The summed E-state index contributed by atoms with van der Waals surface area (Å²) in [5, 5.41) is 2.94. The number of hydrogen-bond acceptors (Lipinski definition) is 6. The van der Waals surface area contributed by atoms with Crippen molar-refractivity contribution in [3.8, 4) is 0 Å². The van der Waals surface area contributed by atoms with Gasteiger partial charge in [0.25, 0.3) is 21.8 Å². The van der Waals surface area contributed by atoms with Crippen LogP contribution in [-0.2, 0) is 14.8 Å². The number of carbonyl (C=O) groups is 2. The Morgan fingerprint density at radius 3 is 2.13 bits per heavy atom. The molecule has 0 aliphatic carbocycles. The van der Waals surface area contributed by atoms with Crippen molar-refractivity contribution in [1.29, 1.82) is 0 Å². The van der Waals surface area contributed by atoms with E-state index < -0.39 is 21.8 Å². The van der Waals surface area contributed by atoms with E-state index in [9.17, 15) is 18.0 Å². The number of pyridine rings is 1. The van der Waals surface area contributed by atoms with Crippen molar-refractivity contribution in [2.24, 2.45) is 0 Å². The van der Waals surface area contributed by atoms with E-state index in [1.54, 1.807) is 0 Å². The summed E-state index contributed by atoms with van der Waals surface area (Å²) in [6.07, 6.45) is 2.94. The summed E-state index contributed by atoms with van der Waals surface area (Å²) in [6.45, 7) is 1.94. The van der Waals surface area contributed by atoms with Crippen LogP contribution in [0, 0.1) is 6.92 Å². The van der Waals surface area contributed by atoms with Crippen molar-refractivity contribution in [2.75, 3.05) is 16.6 Å². The van der Waals surface area contributed by atoms with Crippen LogP contribution in [0.4, 0.5) is 11.4 Å². The Balaban J connectivity index is 1.51. The molecule has 0 spiro atoms. The van der Waals surface area contributed by atoms with Crippen LogP contribution in [-0.4, -0.2) is 31.8 Å². The van der Waals surface area contributed by atoms with E-state index in [1.165, 1.54) is 48.8 Å². The number of nitrogens with one attached hydrogen (secondary N) is 4. The fourth-order valence-corrected chi connectivity index (χ4v) is 3.57. The van der Waals surface area contributed by atoms with Crippen molar-refractivity contribution in [2.45, 2.75) is 11.8 Å². The molecule has 160 valence electrons. The van der Waals surface area contributed by atoms with Crippen LogP contribution >= 0.6 is 0 Å². The van der Waals surface area contributed by atoms with Gasteiger partial charge in [0.2, 0.25) is 0 Å². The molecule has 0 bridgehead atoms. The molecule has 9 nitrogen and oxygen atoms in total. The van der Waals surface area contributed by atoms with Gasteiger partial charge in [0.15, 0.2) is 0 Å². The van der Waals surface area contributed by atoms with Gasteiger partial charge in [-0.05, 0) is 55.5 Å². The zero-order chi connectivity index (χ0) is 22.3. The molecule has 0 radical (unpaired) electrons. The van der Waals surface area contributed by atoms with Gasteiger partial charge in [0.05, 0.1) is 17.1 Å². The Bertz CT molecular complexity index is 1150. The molecule has 1 heterocycles. The average molecular weight is 439 g/mol. The van der Waals surface area contributed by atoms with Gasteiger partial charge in [-0.2, -0.15) is 0 Å². The van der Waals surface area contributed by atoms with Crippen LogP contribution in [0.2, 0.25) is 0 Å². The first-order chi connectivity index (χ1) is 14.8. The lowest BCUT2D eigenvalue weighted by Crippen LogP contribution is -2.44. The van der Waals surface area contributed by atoms with Gasteiger partial charge in [-0.1, -0.05) is 17.7 Å². The van der Waals surface area contributed by atoms with Gasteiger partial charge < -0.3 is 5.32 Å². The van der Waals surface area contributed by atoms with Gasteiger partial charge in [0.1, 0.15) is 0 Å². The number of hydrogen-bond donors (Lipinski definition) is 4. The fraction of sp³-hybridized carbons (Fsp3) is 0.0952. The number of amides is 2. The zero-order valence-corrected chi connectivity index (χ0v) is 17.4. The van der Waals surface area contributed by atoms with Crippen molar-refractivity contribution in [3.05, 3.63) is 84.2 Å². The highest BCUT2D eigenvalue weighted by molar-refractivity contribution is 7.92. The lowest BCUT2D eigenvalue weighted by atomic mass is 10.2. The number of rotatable bonds is 7. The number of anilines is 2. The quantitative estimate of drug-likeness (QED) is 0.417. The van der Waals surface area contributed by atoms with Gasteiger partial charge in [0, 0.05) is 23.6 Å². The number of sulfonamides is 1. The number of benzene rings is 2. The van der Waals surface area contributed by atoms with E-state index in [-0.39, 0.29) is 17.0 Å². The van der Waals surface area contributed by atoms with Gasteiger partial charge >= 0.3 is 0 Å². The third-order valence-electron chi connectivity index (χ3n) is 4.18. The second kappa shape index (κ2) is 9.72. The summed E-state index contributed by atoms with van der Waals surface area (Å²) < 4.78 is 27.2. The third-order valence-corrected chi connectivity index (χ3v) is 5.58. The van der Waals surface area contributed by atoms with E-state index >= 15 is 0 Å². The van der Waals surface area contributed by atoms with Crippen molar-refractivity contribution < 1.29 is 18.0 Å². The van der Waals surface area contributed by atoms with Crippen LogP contribution in [0.3, 0.4) is 0 Å². The number of carbonyl (C=O) groups excluding carboxylic acids is 2. The lowest BCUT2D eigenvalue weighted by molar-refractivity contribution is -0.120. The Kier molecular flexibility index (Phi) is 6.83. The van der Waals surface area contributed by atoms with Crippen LogP contribution in [0.25, 0.3) is 0 Å². The maximum absolute atomic E-state index is 12.4. The monoisotopic (exact) mass is 439 g/mol. The van der Waals surface area contributed by atoms with Gasteiger partial charge in [-0.25, -0.2) is 8.42 Å². The number of hydrazine groups is 1. The molecule has 2 aromatic carbocycles. The van der Waals surface area contributed by atoms with Crippen LogP contribution < -0.4 is 20.9 Å². The standard InChI is InChI=1S/C21H21N5O4S/c1-15-2-6-17(7-3-15)23-14-20(27)24-25-21(28)16-4-8-19(9-5-16)31(29,30)26-18-10-12-22-13-11-18/h2-13,23H,14H2,1H3,(H,22,26)(H,24,27)(H,25,28). The molecule has 0 saturated carbocycles. The SMILES string of the molecule is Cc1ccc(NCC(=O)NNC(=O)c2ccc(S(=O)(=O)Nc3ccncc3)cc2)cc1. The first-order valence-corrected chi connectivity index (χ1v) is 10.7. The van der Waals surface area contributed by atoms with Gasteiger partial charge in [-0.15, -0.1) is 0 Å². The molecule has 4 N–H and O–H groups in total. The highest BCUT2D eigenvalue weighted by atomic mass is 32.2. The molecule has 2 amide bonds. The minimum absolute atomic E-state index is 0.00723. The lowest BCUT2D eigenvalue weighted by Gasteiger charge is -2.10. The molecule has 0 unspecified atom stereocenters. The predicted molar refractivity (Wildman–Crippen MR) is 117 cm³/mol. The molecule has 10 heteroatoms. The molecule has 3 aromatic rings. The third kappa shape index (κ3) is 6.28. The summed E-state index contributed by atoms with van der Waals surface area (Å²) in [5.74, 6) is -1.01. The maximum atomic E-state index is 12.4. The second-order valence-corrected chi connectivity index (χ2v) is 8.27. The molecule has 0 atom stereocenters. The minimum atomic E-state index is -3.81. The molecule has 0 fully saturated rings. The molecule has 3 rings (SSSR count). The van der Waals surface area contributed by atoms with E-state index in [0.717, 1.165) is 11.3 Å². The molecule has 0 aliphatic rings. The highest BCUT2D eigenvalue weighted by Crippen LogP contribution is 2.16. The molecule has 31 heavy (non-hydrogen) atoms. The summed E-state index contributed by atoms with van der Waals surface area (Å²) in [7, 11) is -3.81. The summed E-state index contributed by atoms with van der Waals surface area (Å²) in [4.78, 5) is 27.9. The Morgan fingerprint density at radius 1 is 0.839 bits per heavy atom. The Morgan fingerprint density at radius 2 is 1.48 bits per heavy atom. The molecular weight excluding hydrogens is 418 g/mol. The summed E-state index contributed by atoms with van der Waals surface area (Å²) >= 11 is 0. The van der Waals surface area contributed by atoms with Crippen molar-refractivity contribution in [3.63, 3.8) is 0 Å². The van der Waals surface area contributed by atoms with Crippen LogP contribution in [0.5, 0.6) is 0 Å². The van der Waals surface area contributed by atoms with E-state index in [2.05, 4.69) is 25.9 Å². The second-order valence-electron chi connectivity index (χ2n) is 6.59. The Hall–Kier alpha value is -3.92. The molecule has 0 saturated heterocycles. The number of nitrogens with zero attached hydrogens (tertiary/aromatic N) is 1. The molecule has 1 aromatic heterocycles. The number of aromatic nitrogens is 1. The first-order valence-electron chi connectivity index (χ1n) is 9.26. The number of aryl methyl sites for hydroxylation is 1. The van der Waals surface area contributed by atoms with Crippen molar-refractivity contribution in [1.82, 2.24) is 15.8 Å². The topological polar surface area (TPSA) is 129 Å². The predicted octanol–water partition coefficient (Wildman–Crippen LogP) is 2.06. The highest BCUT2D eigenvalue weighted by Gasteiger charge is 2.15. The van der Waals surface area contributed by atoms with Crippen LogP contribution in [0.1, 0.15) is 15.9 Å². The minimum Gasteiger partial charge on any atom is -0.376 e. The normalized spacial score (nSPS) is 10.7. The van der Waals surface area contributed by atoms with E-state index in [4.69, 9.17) is 0 Å². The largest absolute Gasteiger partial charge is 0.376 e. The summed E-state index contributed by atoms with van der Waals surface area (Å²) in [6, 6.07) is 15.9.